The number of hydrogen-bond donors (Lipinski definition) is 1. The maximum atomic E-state index is 11.7. The fourth-order valence-electron chi connectivity index (χ4n) is 3.02. The topological polar surface area (TPSA) is 96.0 Å². The molecule has 3 atom stereocenters. The number of rotatable bonds is 1. The third kappa shape index (κ3) is 1.28. The van der Waals surface area contributed by atoms with Crippen LogP contribution in [0.1, 0.15) is 32.6 Å². The van der Waals surface area contributed by atoms with Crippen molar-refractivity contribution in [2.45, 2.75) is 38.3 Å². The van der Waals surface area contributed by atoms with Crippen molar-refractivity contribution in [3.8, 4) is 6.07 Å². The highest BCUT2D eigenvalue weighted by Crippen LogP contribution is 2.49. The molecule has 0 radical (unpaired) electrons. The van der Waals surface area contributed by atoms with E-state index in [1.807, 2.05) is 6.07 Å². The fraction of sp³-hybridized carbons (Fsp3) is 0.800. The summed E-state index contributed by atoms with van der Waals surface area (Å²) in [5.74, 6) is -1.26. The molecule has 0 unspecified atom stereocenters. The highest BCUT2D eigenvalue weighted by Gasteiger charge is 2.60. The van der Waals surface area contributed by atoms with Crippen LogP contribution in [-0.2, 0) is 4.79 Å². The number of carbonyl (C=O) groups is 1. The zero-order valence-electron chi connectivity index (χ0n) is 9.02. The minimum Gasteiger partial charge on any atom is -0.290 e. The molecule has 6 nitrogen and oxygen atoms in total. The summed E-state index contributed by atoms with van der Waals surface area (Å²) in [5.41, 5.74) is -1.89. The summed E-state index contributed by atoms with van der Waals surface area (Å²) in [4.78, 5) is 22.4. The number of carbonyl (C=O) groups excluding carboxylic acids is 1. The Labute approximate surface area is 92.8 Å². The third-order valence-corrected chi connectivity index (χ3v) is 3.83. The van der Waals surface area contributed by atoms with Gasteiger partial charge in [0.25, 0.3) is 5.66 Å². The van der Waals surface area contributed by atoms with Crippen molar-refractivity contribution in [3.63, 3.8) is 0 Å². The lowest BCUT2D eigenvalue weighted by Gasteiger charge is -2.47. The Bertz CT molecular complexity index is 403. The molecule has 0 aromatic rings. The summed E-state index contributed by atoms with van der Waals surface area (Å²) < 4.78 is 0. The monoisotopic (exact) mass is 223 g/mol. The van der Waals surface area contributed by atoms with E-state index in [1.54, 1.807) is 6.92 Å². The van der Waals surface area contributed by atoms with Gasteiger partial charge < -0.3 is 0 Å². The number of nitriles is 1. The third-order valence-electron chi connectivity index (χ3n) is 3.83. The number of amides is 1. The largest absolute Gasteiger partial charge is 0.296 e. The van der Waals surface area contributed by atoms with Gasteiger partial charge in [-0.05, 0) is 12.8 Å². The lowest BCUT2D eigenvalue weighted by atomic mass is 9.61. The Kier molecular flexibility index (Phi) is 2.15. The van der Waals surface area contributed by atoms with Crippen LogP contribution in [0.3, 0.4) is 0 Å². The van der Waals surface area contributed by atoms with Gasteiger partial charge in [0.2, 0.25) is 5.91 Å². The van der Waals surface area contributed by atoms with Crippen molar-refractivity contribution in [2.24, 2.45) is 11.3 Å². The summed E-state index contributed by atoms with van der Waals surface area (Å²) in [6.07, 6.45) is 2.00. The fourth-order valence-corrected chi connectivity index (χ4v) is 3.02. The van der Waals surface area contributed by atoms with E-state index >= 15 is 0 Å². The summed E-state index contributed by atoms with van der Waals surface area (Å²) in [7, 11) is 0. The zero-order chi connectivity index (χ0) is 12.0. The lowest BCUT2D eigenvalue weighted by Crippen LogP contribution is -2.66. The Morgan fingerprint density at radius 3 is 2.88 bits per heavy atom. The van der Waals surface area contributed by atoms with Gasteiger partial charge in [0.05, 0.1) is 6.07 Å². The second-order valence-corrected chi connectivity index (χ2v) is 5.02. The van der Waals surface area contributed by atoms with E-state index in [2.05, 4.69) is 5.32 Å². The number of nitro groups is 1. The summed E-state index contributed by atoms with van der Waals surface area (Å²) >= 11 is 0. The lowest BCUT2D eigenvalue weighted by molar-refractivity contribution is -0.586. The molecular weight excluding hydrogens is 210 g/mol. The minimum atomic E-state index is -1.34. The molecule has 1 N–H and O–H groups in total. The first-order chi connectivity index (χ1) is 7.43. The van der Waals surface area contributed by atoms with E-state index in [1.165, 1.54) is 0 Å². The molecule has 2 rings (SSSR count). The first-order valence-corrected chi connectivity index (χ1v) is 5.30. The maximum Gasteiger partial charge on any atom is 0.296 e. The first-order valence-electron chi connectivity index (χ1n) is 5.30. The van der Waals surface area contributed by atoms with Crippen LogP contribution in [0.25, 0.3) is 0 Å². The quantitative estimate of drug-likeness (QED) is 0.525. The molecule has 0 spiro atoms. The Morgan fingerprint density at radius 1 is 1.62 bits per heavy atom. The van der Waals surface area contributed by atoms with Crippen molar-refractivity contribution in [1.82, 2.24) is 5.32 Å². The van der Waals surface area contributed by atoms with Crippen molar-refractivity contribution < 1.29 is 9.72 Å². The predicted octanol–water partition coefficient (Wildman–Crippen LogP) is 0.809. The zero-order valence-corrected chi connectivity index (χ0v) is 9.02. The average Bonchev–Trinajstić information content (AvgIpc) is 2.16. The second kappa shape index (κ2) is 3.17. The van der Waals surface area contributed by atoms with Crippen LogP contribution in [-0.4, -0.2) is 16.5 Å². The summed E-state index contributed by atoms with van der Waals surface area (Å²) in [6, 6.07) is 1.97. The van der Waals surface area contributed by atoms with Crippen LogP contribution in [0.2, 0.25) is 0 Å². The maximum absolute atomic E-state index is 11.7. The molecule has 0 aromatic heterocycles. The molecule has 0 aromatic carbocycles. The molecule has 1 saturated carbocycles. The van der Waals surface area contributed by atoms with Gasteiger partial charge in [0.1, 0.15) is 5.92 Å². The van der Waals surface area contributed by atoms with Gasteiger partial charge in [-0.25, -0.2) is 0 Å². The Balaban J connectivity index is 2.42. The van der Waals surface area contributed by atoms with E-state index in [9.17, 15) is 14.9 Å². The molecule has 2 aliphatic rings. The Hall–Kier alpha value is -1.64. The molecular formula is C10H13N3O3. The van der Waals surface area contributed by atoms with Gasteiger partial charge in [0, 0.05) is 23.2 Å². The Morgan fingerprint density at radius 2 is 2.31 bits per heavy atom. The van der Waals surface area contributed by atoms with E-state index < -0.39 is 27.8 Å². The predicted molar refractivity (Wildman–Crippen MR) is 53.5 cm³/mol. The highest BCUT2D eigenvalue weighted by molar-refractivity contribution is 5.83. The van der Waals surface area contributed by atoms with Crippen LogP contribution in [0.5, 0.6) is 0 Å². The van der Waals surface area contributed by atoms with E-state index in [4.69, 9.17) is 5.26 Å². The normalized spacial score (nSPS) is 42.0. The van der Waals surface area contributed by atoms with Gasteiger partial charge in [-0.15, -0.1) is 0 Å². The number of hydrogen-bond acceptors (Lipinski definition) is 4. The van der Waals surface area contributed by atoms with Gasteiger partial charge in [0.15, 0.2) is 0 Å². The van der Waals surface area contributed by atoms with Gasteiger partial charge in [-0.3, -0.25) is 20.2 Å². The highest BCUT2D eigenvalue weighted by atomic mass is 16.6. The molecule has 2 fully saturated rings. The number of nitrogens with zero attached hydrogens (tertiary/aromatic N) is 2. The molecule has 1 heterocycles. The van der Waals surface area contributed by atoms with Gasteiger partial charge in [-0.2, -0.15) is 5.26 Å². The molecule has 1 amide bonds. The molecule has 16 heavy (non-hydrogen) atoms. The van der Waals surface area contributed by atoms with E-state index in [0.29, 0.717) is 19.3 Å². The van der Waals surface area contributed by atoms with Gasteiger partial charge >= 0.3 is 0 Å². The molecule has 6 heteroatoms. The molecule has 1 aliphatic heterocycles. The number of fused-ring (bicyclic) bond motifs is 2. The molecule has 1 saturated heterocycles. The second-order valence-electron chi connectivity index (χ2n) is 5.02. The van der Waals surface area contributed by atoms with Crippen molar-refractivity contribution >= 4 is 5.91 Å². The number of nitrogens with one attached hydrogen (secondary N) is 1. The minimum absolute atomic E-state index is 0.261. The van der Waals surface area contributed by atoms with Crippen LogP contribution in [0, 0.1) is 32.8 Å². The van der Waals surface area contributed by atoms with E-state index in [-0.39, 0.29) is 6.42 Å². The summed E-state index contributed by atoms with van der Waals surface area (Å²) in [6.45, 7) is 1.80. The SMILES string of the molecule is C[C@@]12CCC[C@@]([N+](=O)[O-])(C1)NC(=O)[C@@H]2C#N. The smallest absolute Gasteiger partial charge is 0.290 e. The van der Waals surface area contributed by atoms with Crippen molar-refractivity contribution in [2.75, 3.05) is 0 Å². The van der Waals surface area contributed by atoms with E-state index in [0.717, 1.165) is 0 Å². The van der Waals surface area contributed by atoms with Crippen LogP contribution < -0.4 is 5.32 Å². The number of piperidine rings is 1. The first kappa shape index (κ1) is 10.9. The van der Waals surface area contributed by atoms with Crippen LogP contribution >= 0.6 is 0 Å². The van der Waals surface area contributed by atoms with Crippen LogP contribution in [0.15, 0.2) is 0 Å². The molecule has 1 aliphatic carbocycles. The summed E-state index contributed by atoms with van der Waals surface area (Å²) in [5, 5.41) is 22.5. The molecule has 86 valence electrons. The van der Waals surface area contributed by atoms with Crippen molar-refractivity contribution in [1.29, 1.82) is 5.26 Å². The standard InChI is InChI=1S/C10H13N3O3/c1-9-3-2-4-10(6-9,13(15)16)12-8(14)7(9)5-11/h7H,2-4,6H2,1H3,(H,12,14)/t7-,9+,10+/m0/s1. The van der Waals surface area contributed by atoms with Crippen molar-refractivity contribution in [3.05, 3.63) is 10.1 Å². The molecule has 2 bridgehead atoms. The van der Waals surface area contributed by atoms with Crippen LogP contribution in [0.4, 0.5) is 0 Å². The van der Waals surface area contributed by atoms with Gasteiger partial charge in [-0.1, -0.05) is 6.92 Å². The average molecular weight is 223 g/mol.